The van der Waals surface area contributed by atoms with E-state index in [0.29, 0.717) is 0 Å². The second-order valence-corrected chi connectivity index (χ2v) is 13.1. The SMILES string of the molecule is C/C(=C\c1c(C)c2nccnc2c2ccc(-c3ccccc3)cc12)N1c2ccccc2Oc2cc(-n3c4ccccc4c4ccccc43)ccc21. The van der Waals surface area contributed by atoms with Crippen molar-refractivity contribution >= 4 is 61.1 Å². The molecule has 0 amide bonds. The molecular weight excluding hydrogens is 625 g/mol. The maximum Gasteiger partial charge on any atom is 0.153 e. The lowest BCUT2D eigenvalue weighted by Gasteiger charge is -2.34. The van der Waals surface area contributed by atoms with E-state index >= 15 is 0 Å². The molecule has 0 saturated heterocycles. The van der Waals surface area contributed by atoms with Crippen molar-refractivity contribution in [1.82, 2.24) is 14.5 Å². The van der Waals surface area contributed by atoms with Crippen LogP contribution in [0.3, 0.4) is 0 Å². The van der Waals surface area contributed by atoms with Crippen molar-refractivity contribution in [2.24, 2.45) is 0 Å². The Labute approximate surface area is 295 Å². The van der Waals surface area contributed by atoms with Crippen LogP contribution in [0.15, 0.2) is 158 Å². The Morgan fingerprint density at radius 2 is 1.24 bits per heavy atom. The molecule has 242 valence electrons. The van der Waals surface area contributed by atoms with E-state index < -0.39 is 0 Å². The largest absolute Gasteiger partial charge is 0.453 e. The van der Waals surface area contributed by atoms with Crippen LogP contribution in [-0.2, 0) is 0 Å². The number of aryl methyl sites for hydroxylation is 1. The first kappa shape index (κ1) is 29.2. The minimum atomic E-state index is 0.804. The highest BCUT2D eigenvalue weighted by atomic mass is 16.5. The molecular formula is C46H32N4O. The van der Waals surface area contributed by atoms with Gasteiger partial charge in [-0.05, 0) is 90.0 Å². The van der Waals surface area contributed by atoms with Gasteiger partial charge in [0.2, 0.25) is 0 Å². The zero-order valence-electron chi connectivity index (χ0n) is 28.2. The molecule has 1 aliphatic rings. The first-order valence-corrected chi connectivity index (χ1v) is 17.2. The fourth-order valence-corrected chi connectivity index (χ4v) is 7.85. The molecule has 5 heteroatoms. The predicted octanol–water partition coefficient (Wildman–Crippen LogP) is 12.2. The van der Waals surface area contributed by atoms with Crippen LogP contribution in [0.2, 0.25) is 0 Å². The molecule has 0 bridgehead atoms. The number of allylic oxidation sites excluding steroid dienone is 1. The summed E-state index contributed by atoms with van der Waals surface area (Å²) >= 11 is 0. The number of hydrogen-bond acceptors (Lipinski definition) is 4. The summed E-state index contributed by atoms with van der Waals surface area (Å²) in [6, 6.07) is 49.2. The van der Waals surface area contributed by atoms with Crippen LogP contribution in [-0.4, -0.2) is 14.5 Å². The Bertz CT molecular complexity index is 2820. The smallest absolute Gasteiger partial charge is 0.153 e. The van der Waals surface area contributed by atoms with Crippen molar-refractivity contribution in [3.8, 4) is 28.3 Å². The third kappa shape index (κ3) is 4.55. The van der Waals surface area contributed by atoms with Crippen LogP contribution < -0.4 is 9.64 Å². The second kappa shape index (κ2) is 11.4. The maximum atomic E-state index is 6.69. The number of anilines is 2. The summed E-state index contributed by atoms with van der Waals surface area (Å²) in [5.74, 6) is 1.62. The minimum absolute atomic E-state index is 0.804. The first-order valence-electron chi connectivity index (χ1n) is 17.2. The van der Waals surface area contributed by atoms with E-state index in [1.54, 1.807) is 12.4 Å². The Hall–Kier alpha value is -6.72. The number of rotatable bonds is 4. The Balaban J connectivity index is 1.17. The summed E-state index contributed by atoms with van der Waals surface area (Å²) in [4.78, 5) is 11.9. The fourth-order valence-electron chi connectivity index (χ4n) is 7.85. The molecule has 3 heterocycles. The van der Waals surface area contributed by atoms with Crippen LogP contribution in [0.25, 0.3) is 66.5 Å². The molecule has 0 radical (unpaired) electrons. The van der Waals surface area contributed by atoms with Crippen LogP contribution >= 0.6 is 0 Å². The molecule has 9 aromatic rings. The van der Waals surface area contributed by atoms with Gasteiger partial charge >= 0.3 is 0 Å². The molecule has 0 unspecified atom stereocenters. The van der Waals surface area contributed by atoms with Gasteiger partial charge in [-0.3, -0.25) is 9.97 Å². The second-order valence-electron chi connectivity index (χ2n) is 13.1. The van der Waals surface area contributed by atoms with Crippen molar-refractivity contribution < 1.29 is 4.74 Å². The van der Waals surface area contributed by atoms with Crippen LogP contribution in [0.5, 0.6) is 11.5 Å². The highest BCUT2D eigenvalue weighted by molar-refractivity contribution is 6.11. The molecule has 0 N–H and O–H groups in total. The summed E-state index contributed by atoms with van der Waals surface area (Å²) < 4.78 is 9.02. The maximum absolute atomic E-state index is 6.69. The van der Waals surface area contributed by atoms with Crippen molar-refractivity contribution in [1.29, 1.82) is 0 Å². The molecule has 0 saturated carbocycles. The van der Waals surface area contributed by atoms with E-state index in [1.165, 1.54) is 27.4 Å². The minimum Gasteiger partial charge on any atom is -0.453 e. The van der Waals surface area contributed by atoms with Gasteiger partial charge in [0, 0.05) is 40.3 Å². The first-order chi connectivity index (χ1) is 25.1. The van der Waals surface area contributed by atoms with Crippen molar-refractivity contribution in [2.45, 2.75) is 13.8 Å². The topological polar surface area (TPSA) is 43.2 Å². The number of para-hydroxylation sites is 4. The Morgan fingerprint density at radius 1 is 0.569 bits per heavy atom. The lowest BCUT2D eigenvalue weighted by molar-refractivity contribution is 0.475. The van der Waals surface area contributed by atoms with Crippen molar-refractivity contribution in [3.05, 3.63) is 169 Å². The molecule has 51 heavy (non-hydrogen) atoms. The number of ether oxygens (including phenoxy) is 1. The fraction of sp³-hybridized carbons (Fsp3) is 0.0435. The van der Waals surface area contributed by atoms with E-state index in [-0.39, 0.29) is 0 Å². The molecule has 5 nitrogen and oxygen atoms in total. The Kier molecular flexibility index (Phi) is 6.55. The number of benzene rings is 7. The van der Waals surface area contributed by atoms with Gasteiger partial charge in [0.1, 0.15) is 0 Å². The normalized spacial score (nSPS) is 12.7. The average molecular weight is 657 g/mol. The summed E-state index contributed by atoms with van der Waals surface area (Å²) in [6.07, 6.45) is 5.86. The average Bonchev–Trinajstić information content (AvgIpc) is 3.53. The lowest BCUT2D eigenvalue weighted by Crippen LogP contribution is -2.19. The van der Waals surface area contributed by atoms with Gasteiger partial charge in [0.25, 0.3) is 0 Å². The number of aromatic nitrogens is 3. The number of nitrogens with zero attached hydrogens (tertiary/aromatic N) is 4. The van der Waals surface area contributed by atoms with E-state index in [0.717, 1.165) is 72.8 Å². The zero-order chi connectivity index (χ0) is 34.1. The molecule has 2 aromatic heterocycles. The number of fused-ring (bicyclic) bond motifs is 8. The lowest BCUT2D eigenvalue weighted by atomic mass is 9.93. The standard InChI is InChI=1S/C46H32N4O/c1-29(26-37-30(2)45-46(48-25-24-47-45)36-22-20-32(27-38(36)37)31-12-4-3-5-13-31)49-41-18-10-11-19-43(41)51-44-28-33(21-23-42(44)49)50-39-16-8-6-14-34(39)35-15-7-9-17-40(35)50/h3-28H,1-2H3/b29-26+. The van der Waals surface area contributed by atoms with E-state index in [2.05, 4.69) is 157 Å². The van der Waals surface area contributed by atoms with Crippen molar-refractivity contribution in [2.75, 3.05) is 4.90 Å². The van der Waals surface area contributed by atoms with Crippen LogP contribution in [0.4, 0.5) is 11.4 Å². The van der Waals surface area contributed by atoms with Gasteiger partial charge in [-0.2, -0.15) is 0 Å². The van der Waals surface area contributed by atoms with Gasteiger partial charge < -0.3 is 14.2 Å². The molecule has 0 aliphatic carbocycles. The van der Waals surface area contributed by atoms with Crippen molar-refractivity contribution in [3.63, 3.8) is 0 Å². The highest BCUT2D eigenvalue weighted by Gasteiger charge is 2.27. The van der Waals surface area contributed by atoms with Gasteiger partial charge in [-0.15, -0.1) is 0 Å². The van der Waals surface area contributed by atoms with Gasteiger partial charge in [-0.25, -0.2) is 0 Å². The molecule has 10 rings (SSSR count). The molecule has 0 atom stereocenters. The van der Waals surface area contributed by atoms with Crippen LogP contribution in [0.1, 0.15) is 18.1 Å². The van der Waals surface area contributed by atoms with Gasteiger partial charge in [0.15, 0.2) is 11.5 Å². The molecule has 1 aliphatic heterocycles. The van der Waals surface area contributed by atoms with E-state index in [1.807, 2.05) is 12.1 Å². The Morgan fingerprint density at radius 3 is 2.02 bits per heavy atom. The number of hydrogen-bond donors (Lipinski definition) is 0. The molecule has 7 aromatic carbocycles. The summed E-state index contributed by atoms with van der Waals surface area (Å²) in [6.45, 7) is 4.34. The summed E-state index contributed by atoms with van der Waals surface area (Å²) in [5, 5.41) is 4.69. The molecule has 0 spiro atoms. The summed E-state index contributed by atoms with van der Waals surface area (Å²) in [5.41, 5.74) is 12.8. The monoisotopic (exact) mass is 656 g/mol. The third-order valence-corrected chi connectivity index (χ3v) is 10.2. The predicted molar refractivity (Wildman–Crippen MR) is 210 cm³/mol. The van der Waals surface area contributed by atoms with Gasteiger partial charge in [0.05, 0.1) is 39.1 Å². The van der Waals surface area contributed by atoms with Gasteiger partial charge in [-0.1, -0.05) is 91.0 Å². The third-order valence-electron chi connectivity index (χ3n) is 10.2. The highest BCUT2D eigenvalue weighted by Crippen LogP contribution is 2.50. The van der Waals surface area contributed by atoms with Crippen LogP contribution in [0, 0.1) is 6.92 Å². The zero-order valence-corrected chi connectivity index (χ0v) is 28.2. The quantitative estimate of drug-likeness (QED) is 0.177. The van der Waals surface area contributed by atoms with E-state index in [9.17, 15) is 0 Å². The summed E-state index contributed by atoms with van der Waals surface area (Å²) in [7, 11) is 0. The molecule has 0 fully saturated rings. The van der Waals surface area contributed by atoms with E-state index in [4.69, 9.17) is 14.7 Å².